The SMILES string of the molecule is CCCCOC(=O)c1ccc(NC(=O)c2ccc(-c3ccc(F)cc3)[nH]c2=O)cc1. The van der Waals surface area contributed by atoms with Crippen LogP contribution in [-0.2, 0) is 4.74 Å². The molecule has 2 aromatic carbocycles. The van der Waals surface area contributed by atoms with Gasteiger partial charge in [0.2, 0.25) is 0 Å². The van der Waals surface area contributed by atoms with Crippen molar-refractivity contribution in [1.82, 2.24) is 4.98 Å². The van der Waals surface area contributed by atoms with Crippen LogP contribution in [0.25, 0.3) is 11.3 Å². The van der Waals surface area contributed by atoms with Crippen molar-refractivity contribution >= 4 is 17.6 Å². The van der Waals surface area contributed by atoms with Crippen molar-refractivity contribution in [2.24, 2.45) is 0 Å². The molecule has 1 amide bonds. The zero-order chi connectivity index (χ0) is 21.5. The fraction of sp³-hybridized carbons (Fsp3) is 0.174. The van der Waals surface area contributed by atoms with Gasteiger partial charge < -0.3 is 15.0 Å². The van der Waals surface area contributed by atoms with Gasteiger partial charge in [-0.1, -0.05) is 13.3 Å². The molecular formula is C23H21FN2O4. The number of aromatic amines is 1. The predicted octanol–water partition coefficient (Wildman–Crippen LogP) is 4.39. The maximum atomic E-state index is 13.0. The largest absolute Gasteiger partial charge is 0.462 e. The number of pyridine rings is 1. The number of unbranched alkanes of at least 4 members (excludes halogenated alkanes) is 1. The van der Waals surface area contributed by atoms with Crippen molar-refractivity contribution in [2.75, 3.05) is 11.9 Å². The van der Waals surface area contributed by atoms with Crippen LogP contribution in [0.2, 0.25) is 0 Å². The van der Waals surface area contributed by atoms with E-state index in [1.165, 1.54) is 30.3 Å². The van der Waals surface area contributed by atoms with E-state index in [1.807, 2.05) is 6.92 Å². The van der Waals surface area contributed by atoms with Gasteiger partial charge in [0.25, 0.3) is 11.5 Å². The molecule has 0 fully saturated rings. The second-order valence-electron chi connectivity index (χ2n) is 6.64. The Morgan fingerprint density at radius 3 is 2.33 bits per heavy atom. The zero-order valence-electron chi connectivity index (χ0n) is 16.4. The maximum Gasteiger partial charge on any atom is 0.338 e. The zero-order valence-corrected chi connectivity index (χ0v) is 16.4. The number of ether oxygens (including phenoxy) is 1. The highest BCUT2D eigenvalue weighted by Gasteiger charge is 2.13. The summed E-state index contributed by atoms with van der Waals surface area (Å²) in [6.07, 6.45) is 1.73. The first-order valence-electron chi connectivity index (χ1n) is 9.55. The number of nitrogens with one attached hydrogen (secondary N) is 2. The fourth-order valence-electron chi connectivity index (χ4n) is 2.73. The lowest BCUT2D eigenvalue weighted by molar-refractivity contribution is 0.0499. The number of anilines is 1. The Morgan fingerprint density at radius 2 is 1.70 bits per heavy atom. The van der Waals surface area contributed by atoms with Gasteiger partial charge in [0, 0.05) is 11.4 Å². The van der Waals surface area contributed by atoms with Crippen LogP contribution in [0.4, 0.5) is 10.1 Å². The Labute approximate surface area is 172 Å². The summed E-state index contributed by atoms with van der Waals surface area (Å²) in [5.74, 6) is -1.38. The quantitative estimate of drug-likeness (QED) is 0.448. The van der Waals surface area contributed by atoms with Crippen LogP contribution in [0.15, 0.2) is 65.5 Å². The molecule has 0 spiro atoms. The van der Waals surface area contributed by atoms with E-state index >= 15 is 0 Å². The molecule has 0 saturated carbocycles. The number of carbonyl (C=O) groups is 2. The average Bonchev–Trinajstić information content (AvgIpc) is 2.74. The monoisotopic (exact) mass is 408 g/mol. The first-order valence-corrected chi connectivity index (χ1v) is 9.55. The van der Waals surface area contributed by atoms with E-state index in [0.717, 1.165) is 12.8 Å². The number of halogens is 1. The van der Waals surface area contributed by atoms with Crippen LogP contribution in [0.3, 0.4) is 0 Å². The lowest BCUT2D eigenvalue weighted by Gasteiger charge is -2.08. The molecule has 0 aliphatic heterocycles. The van der Waals surface area contributed by atoms with Gasteiger partial charge in [0.1, 0.15) is 11.4 Å². The third kappa shape index (κ3) is 5.20. The van der Waals surface area contributed by atoms with E-state index in [9.17, 15) is 18.8 Å². The van der Waals surface area contributed by atoms with E-state index in [-0.39, 0.29) is 11.4 Å². The molecule has 0 bridgehead atoms. The van der Waals surface area contributed by atoms with Crippen molar-refractivity contribution in [3.8, 4) is 11.3 Å². The van der Waals surface area contributed by atoms with Crippen molar-refractivity contribution in [1.29, 1.82) is 0 Å². The van der Waals surface area contributed by atoms with Crippen LogP contribution < -0.4 is 10.9 Å². The summed E-state index contributed by atoms with van der Waals surface area (Å²) in [7, 11) is 0. The Kier molecular flexibility index (Phi) is 6.75. The average molecular weight is 408 g/mol. The molecular weight excluding hydrogens is 387 g/mol. The molecule has 0 atom stereocenters. The van der Waals surface area contributed by atoms with Crippen molar-refractivity contribution in [3.05, 3.63) is 88.0 Å². The second kappa shape index (κ2) is 9.65. The van der Waals surface area contributed by atoms with Gasteiger partial charge in [-0.2, -0.15) is 0 Å². The first-order chi connectivity index (χ1) is 14.5. The standard InChI is InChI=1S/C23H21FN2O4/c1-2-3-14-30-23(29)16-6-10-18(11-7-16)25-21(27)19-12-13-20(26-22(19)28)15-4-8-17(24)9-5-15/h4-13H,2-3,14H2,1H3,(H,25,27)(H,26,28). The normalized spacial score (nSPS) is 10.5. The molecule has 7 heteroatoms. The van der Waals surface area contributed by atoms with Gasteiger partial charge in [-0.05, 0) is 72.6 Å². The minimum atomic E-state index is -0.583. The number of hydrogen-bond acceptors (Lipinski definition) is 4. The smallest absolute Gasteiger partial charge is 0.338 e. The topological polar surface area (TPSA) is 88.3 Å². The molecule has 1 aromatic heterocycles. The van der Waals surface area contributed by atoms with Gasteiger partial charge in [0.15, 0.2) is 0 Å². The summed E-state index contributed by atoms with van der Waals surface area (Å²) >= 11 is 0. The van der Waals surface area contributed by atoms with E-state index in [0.29, 0.717) is 29.1 Å². The number of benzene rings is 2. The number of H-pyrrole nitrogens is 1. The Balaban J connectivity index is 1.67. The fourth-order valence-corrected chi connectivity index (χ4v) is 2.73. The van der Waals surface area contributed by atoms with Gasteiger partial charge in [0.05, 0.1) is 12.2 Å². The lowest BCUT2D eigenvalue weighted by Crippen LogP contribution is -2.23. The minimum absolute atomic E-state index is 0.0658. The molecule has 0 radical (unpaired) electrons. The molecule has 0 aliphatic rings. The number of amides is 1. The van der Waals surface area contributed by atoms with Crippen LogP contribution in [0.5, 0.6) is 0 Å². The number of esters is 1. The molecule has 0 aliphatic carbocycles. The van der Waals surface area contributed by atoms with Crippen LogP contribution in [0.1, 0.15) is 40.5 Å². The first kappa shape index (κ1) is 21.0. The van der Waals surface area contributed by atoms with Gasteiger partial charge in [-0.15, -0.1) is 0 Å². The van der Waals surface area contributed by atoms with Crippen LogP contribution in [-0.4, -0.2) is 23.5 Å². The molecule has 30 heavy (non-hydrogen) atoms. The summed E-state index contributed by atoms with van der Waals surface area (Å²) in [5.41, 5.74) is 1.29. The number of hydrogen-bond donors (Lipinski definition) is 2. The number of carbonyl (C=O) groups excluding carboxylic acids is 2. The molecule has 154 valence electrons. The van der Waals surface area contributed by atoms with Gasteiger partial charge in [-0.25, -0.2) is 9.18 Å². The summed E-state index contributed by atoms with van der Waals surface area (Å²) in [5, 5.41) is 2.62. The Morgan fingerprint density at radius 1 is 1.00 bits per heavy atom. The van der Waals surface area contributed by atoms with Gasteiger partial charge in [-0.3, -0.25) is 9.59 Å². The Bertz CT molecular complexity index is 1090. The van der Waals surface area contributed by atoms with Crippen LogP contribution >= 0.6 is 0 Å². The third-order valence-electron chi connectivity index (χ3n) is 4.42. The number of rotatable bonds is 7. The van der Waals surface area contributed by atoms with Crippen LogP contribution in [0, 0.1) is 5.82 Å². The third-order valence-corrected chi connectivity index (χ3v) is 4.42. The molecule has 2 N–H and O–H groups in total. The minimum Gasteiger partial charge on any atom is -0.462 e. The summed E-state index contributed by atoms with van der Waals surface area (Å²) in [6, 6.07) is 14.9. The molecule has 6 nitrogen and oxygen atoms in total. The van der Waals surface area contributed by atoms with Gasteiger partial charge >= 0.3 is 5.97 Å². The highest BCUT2D eigenvalue weighted by Crippen LogP contribution is 2.17. The molecule has 3 aromatic rings. The summed E-state index contributed by atoms with van der Waals surface area (Å²) in [6.45, 7) is 2.37. The van der Waals surface area contributed by atoms with E-state index in [2.05, 4.69) is 10.3 Å². The van der Waals surface area contributed by atoms with Crippen molar-refractivity contribution in [3.63, 3.8) is 0 Å². The molecule has 0 unspecified atom stereocenters. The van der Waals surface area contributed by atoms with Crippen molar-refractivity contribution in [2.45, 2.75) is 19.8 Å². The highest BCUT2D eigenvalue weighted by atomic mass is 19.1. The molecule has 1 heterocycles. The maximum absolute atomic E-state index is 13.0. The summed E-state index contributed by atoms with van der Waals surface area (Å²) in [4.78, 5) is 39.3. The van der Waals surface area contributed by atoms with E-state index in [4.69, 9.17) is 4.74 Å². The lowest BCUT2D eigenvalue weighted by atomic mass is 10.1. The molecule has 3 rings (SSSR count). The van der Waals surface area contributed by atoms with Crippen molar-refractivity contribution < 1.29 is 18.7 Å². The molecule has 0 saturated heterocycles. The van der Waals surface area contributed by atoms with E-state index < -0.39 is 17.4 Å². The number of aromatic nitrogens is 1. The second-order valence-corrected chi connectivity index (χ2v) is 6.64. The summed E-state index contributed by atoms with van der Waals surface area (Å²) < 4.78 is 18.2. The predicted molar refractivity (Wildman–Crippen MR) is 112 cm³/mol. The highest BCUT2D eigenvalue weighted by molar-refractivity contribution is 6.04. The van der Waals surface area contributed by atoms with E-state index in [1.54, 1.807) is 30.3 Å². The Hall–Kier alpha value is -3.74.